The summed E-state index contributed by atoms with van der Waals surface area (Å²) in [7, 11) is 0. The number of aliphatic hydroxyl groups is 12. The van der Waals surface area contributed by atoms with Gasteiger partial charge in [0.25, 0.3) is 0 Å². The number of hydrogen-bond donors (Lipinski definition) is 13. The van der Waals surface area contributed by atoms with Crippen LogP contribution >= 0.6 is 0 Å². The Balaban J connectivity index is 4.73. The van der Waals surface area contributed by atoms with Gasteiger partial charge >= 0.3 is 0 Å². The molecule has 152 valence electrons. The van der Waals surface area contributed by atoms with Crippen LogP contribution in [0.1, 0.15) is 0 Å². The molecule has 0 radical (unpaired) electrons. The second-order valence-corrected chi connectivity index (χ2v) is 5.50. The summed E-state index contributed by atoms with van der Waals surface area (Å²) in [5.74, 6) is 0. The minimum absolute atomic E-state index is 0.951. The summed E-state index contributed by atoms with van der Waals surface area (Å²) in [6.45, 7) is -1.90. The highest BCUT2D eigenvalue weighted by Crippen LogP contribution is 2.11. The van der Waals surface area contributed by atoms with Crippen LogP contribution in [0, 0.1) is 0 Å². The van der Waals surface area contributed by atoms with Gasteiger partial charge in [0, 0.05) is 0 Å². The molecule has 0 saturated carbocycles. The summed E-state index contributed by atoms with van der Waals surface area (Å²) in [6, 6.07) is 0. The molecule has 0 aromatic carbocycles. The van der Waals surface area contributed by atoms with Gasteiger partial charge in [0.05, 0.1) is 13.2 Å². The molecule has 13 nitrogen and oxygen atoms in total. The molecule has 13 N–H and O–H groups in total. The Morgan fingerprint density at radius 3 is 0.960 bits per heavy atom. The molecule has 13 heteroatoms. The van der Waals surface area contributed by atoms with Crippen LogP contribution in [0.25, 0.3) is 0 Å². The van der Waals surface area contributed by atoms with E-state index in [1.54, 1.807) is 5.32 Å². The summed E-state index contributed by atoms with van der Waals surface area (Å²) in [5, 5.41) is 114. The van der Waals surface area contributed by atoms with E-state index in [0.29, 0.717) is 0 Å². The maximum absolute atomic E-state index is 9.61. The van der Waals surface area contributed by atoms with Crippen LogP contribution in [0.2, 0.25) is 0 Å². The van der Waals surface area contributed by atoms with E-state index in [-0.39, 0.29) is 0 Å². The standard InChI is InChI=1S/C12H27NO12/c14-1-3(16)5(18)7(20)9(22)11(24)13-12(25)10(23)8(21)6(19)4(17)2-15/h3-25H,1-2H2/t3-,4-,5-,6-,7+,8+,9-,10-,11?,12?/m1/s1. The lowest BCUT2D eigenvalue weighted by atomic mass is 10.0. The van der Waals surface area contributed by atoms with E-state index in [4.69, 9.17) is 20.4 Å². The minimum atomic E-state index is -2.21. The van der Waals surface area contributed by atoms with E-state index < -0.39 is 74.5 Å². The second-order valence-electron chi connectivity index (χ2n) is 5.50. The fourth-order valence-corrected chi connectivity index (χ4v) is 1.82. The summed E-state index contributed by atoms with van der Waals surface area (Å²) in [4.78, 5) is 0. The predicted molar refractivity (Wildman–Crippen MR) is 77.4 cm³/mol. The third-order valence-electron chi connectivity index (χ3n) is 3.55. The van der Waals surface area contributed by atoms with Gasteiger partial charge in [-0.2, -0.15) is 0 Å². The smallest absolute Gasteiger partial charge is 0.135 e. The Morgan fingerprint density at radius 2 is 0.720 bits per heavy atom. The van der Waals surface area contributed by atoms with Gasteiger partial charge in [-0.1, -0.05) is 0 Å². The number of hydrogen-bond acceptors (Lipinski definition) is 13. The molecule has 0 aromatic rings. The number of rotatable bonds is 12. The highest BCUT2D eigenvalue weighted by atomic mass is 16.4. The highest BCUT2D eigenvalue weighted by Gasteiger charge is 2.38. The van der Waals surface area contributed by atoms with Gasteiger partial charge in [-0.05, 0) is 0 Å². The van der Waals surface area contributed by atoms with Crippen LogP contribution < -0.4 is 5.32 Å². The molecule has 0 saturated heterocycles. The van der Waals surface area contributed by atoms with Crippen LogP contribution in [0.4, 0.5) is 0 Å². The van der Waals surface area contributed by atoms with Crippen LogP contribution in [0.15, 0.2) is 0 Å². The van der Waals surface area contributed by atoms with Crippen molar-refractivity contribution in [2.24, 2.45) is 0 Å². The molecule has 0 bridgehead atoms. The SMILES string of the molecule is OC[C@@H](O)[C@@H](O)[C@H](O)[C@@H](O)C(O)NC(O)[C@H](O)[C@@H](O)[C@H](O)[C@H](O)CO. The molecule has 0 spiro atoms. The highest BCUT2D eigenvalue weighted by molar-refractivity contribution is 4.87. The Kier molecular flexibility index (Phi) is 11.0. The van der Waals surface area contributed by atoms with Gasteiger partial charge in [0.1, 0.15) is 61.3 Å². The monoisotopic (exact) mass is 377 g/mol. The zero-order valence-electron chi connectivity index (χ0n) is 13.1. The first-order chi connectivity index (χ1) is 11.5. The van der Waals surface area contributed by atoms with Crippen molar-refractivity contribution in [3.63, 3.8) is 0 Å². The topological polar surface area (TPSA) is 255 Å². The van der Waals surface area contributed by atoms with Crippen molar-refractivity contribution in [2.75, 3.05) is 13.2 Å². The summed E-state index contributed by atoms with van der Waals surface area (Å²) < 4.78 is 0. The van der Waals surface area contributed by atoms with Crippen molar-refractivity contribution in [1.82, 2.24) is 5.32 Å². The molecule has 10 atom stereocenters. The van der Waals surface area contributed by atoms with Crippen molar-refractivity contribution in [3.05, 3.63) is 0 Å². The predicted octanol–water partition coefficient (Wildman–Crippen LogP) is -7.92. The lowest BCUT2D eigenvalue weighted by Gasteiger charge is -2.33. The molecule has 0 aliphatic rings. The van der Waals surface area contributed by atoms with Crippen molar-refractivity contribution >= 4 is 0 Å². The van der Waals surface area contributed by atoms with Crippen molar-refractivity contribution in [2.45, 2.75) is 61.3 Å². The first-order valence-electron chi connectivity index (χ1n) is 7.27. The van der Waals surface area contributed by atoms with Crippen molar-refractivity contribution in [3.8, 4) is 0 Å². The molecule has 0 aliphatic heterocycles. The van der Waals surface area contributed by atoms with Gasteiger partial charge in [-0.25, -0.2) is 0 Å². The van der Waals surface area contributed by atoms with Crippen LogP contribution in [-0.2, 0) is 0 Å². The molecular formula is C12H27NO12. The summed E-state index contributed by atoms with van der Waals surface area (Å²) in [6.07, 6.45) is -20.9. The normalized spacial score (nSPS) is 24.5. The van der Waals surface area contributed by atoms with Gasteiger partial charge in [0.15, 0.2) is 0 Å². The van der Waals surface area contributed by atoms with Crippen molar-refractivity contribution < 1.29 is 61.3 Å². The first-order valence-corrected chi connectivity index (χ1v) is 7.27. The summed E-state index contributed by atoms with van der Waals surface area (Å²) >= 11 is 0. The molecule has 0 aliphatic carbocycles. The lowest BCUT2D eigenvalue weighted by molar-refractivity contribution is -0.173. The molecule has 0 heterocycles. The Morgan fingerprint density at radius 1 is 0.440 bits per heavy atom. The van der Waals surface area contributed by atoms with Crippen LogP contribution in [0.5, 0.6) is 0 Å². The maximum Gasteiger partial charge on any atom is 0.135 e. The third-order valence-corrected chi connectivity index (χ3v) is 3.55. The van der Waals surface area contributed by atoms with E-state index in [1.165, 1.54) is 0 Å². The largest absolute Gasteiger partial charge is 0.394 e. The van der Waals surface area contributed by atoms with E-state index in [2.05, 4.69) is 0 Å². The Bertz CT molecular complexity index is 331. The fourth-order valence-electron chi connectivity index (χ4n) is 1.82. The van der Waals surface area contributed by atoms with Crippen LogP contribution in [-0.4, -0.2) is 136 Å². The quantitative estimate of drug-likeness (QED) is 0.141. The molecule has 25 heavy (non-hydrogen) atoms. The van der Waals surface area contributed by atoms with Crippen LogP contribution in [0.3, 0.4) is 0 Å². The molecule has 2 unspecified atom stereocenters. The summed E-state index contributed by atoms with van der Waals surface area (Å²) in [5.41, 5.74) is 0. The Labute approximate surface area is 142 Å². The molecule has 0 fully saturated rings. The first kappa shape index (κ1) is 24.5. The third kappa shape index (κ3) is 6.95. The average molecular weight is 377 g/mol. The van der Waals surface area contributed by atoms with Gasteiger partial charge in [0.2, 0.25) is 0 Å². The lowest BCUT2D eigenvalue weighted by Crippen LogP contribution is -2.60. The van der Waals surface area contributed by atoms with Crippen molar-refractivity contribution in [1.29, 1.82) is 0 Å². The van der Waals surface area contributed by atoms with E-state index in [1.807, 2.05) is 0 Å². The number of aliphatic hydroxyl groups excluding tert-OH is 12. The molecular weight excluding hydrogens is 350 g/mol. The molecule has 0 aromatic heterocycles. The average Bonchev–Trinajstić information content (AvgIpc) is 2.62. The minimum Gasteiger partial charge on any atom is -0.394 e. The number of nitrogens with one attached hydrogen (secondary N) is 1. The molecule has 0 rings (SSSR count). The fraction of sp³-hybridized carbons (Fsp3) is 1.00. The second kappa shape index (κ2) is 11.2. The van der Waals surface area contributed by atoms with Gasteiger partial charge in [-0.15, -0.1) is 0 Å². The van der Waals surface area contributed by atoms with Gasteiger partial charge in [-0.3, -0.25) is 5.32 Å². The zero-order chi connectivity index (χ0) is 19.9. The van der Waals surface area contributed by atoms with E-state index in [9.17, 15) is 40.9 Å². The van der Waals surface area contributed by atoms with Gasteiger partial charge < -0.3 is 61.3 Å². The van der Waals surface area contributed by atoms with E-state index >= 15 is 0 Å². The maximum atomic E-state index is 9.61. The molecule has 0 amide bonds. The van der Waals surface area contributed by atoms with E-state index in [0.717, 1.165) is 0 Å². The zero-order valence-corrected chi connectivity index (χ0v) is 13.1. The Hall–Kier alpha value is -0.520.